The first-order valence-corrected chi connectivity index (χ1v) is 5.73. The van der Waals surface area contributed by atoms with E-state index in [0.717, 1.165) is 18.6 Å². The number of aryl methyl sites for hydroxylation is 1. The summed E-state index contributed by atoms with van der Waals surface area (Å²) in [4.78, 5) is 11.3. The van der Waals surface area contributed by atoms with Crippen LogP contribution in [0.15, 0.2) is 24.3 Å². The maximum absolute atomic E-state index is 11.3. The van der Waals surface area contributed by atoms with Crippen molar-refractivity contribution in [3.05, 3.63) is 29.8 Å². The summed E-state index contributed by atoms with van der Waals surface area (Å²) in [6.45, 7) is 3.16. The highest BCUT2D eigenvalue weighted by atomic mass is 16.5. The molecule has 1 saturated carbocycles. The molecule has 2 rings (SSSR count). The normalized spacial score (nSPS) is 14.6. The molecule has 0 aliphatic heterocycles. The minimum Gasteiger partial charge on any atom is -0.492 e. The molecule has 1 aromatic rings. The maximum atomic E-state index is 11.3. The van der Waals surface area contributed by atoms with E-state index in [4.69, 9.17) is 4.74 Å². The number of carbonyl (C=O) groups is 1. The zero-order valence-corrected chi connectivity index (χ0v) is 9.53. The molecule has 1 aromatic carbocycles. The summed E-state index contributed by atoms with van der Waals surface area (Å²) in [5, 5.41) is 2.86. The molecule has 1 fully saturated rings. The molecule has 0 atom stereocenters. The van der Waals surface area contributed by atoms with Crippen molar-refractivity contribution in [3.8, 4) is 5.75 Å². The second-order valence-corrected chi connectivity index (χ2v) is 4.23. The standard InChI is InChI=1S/C13H17NO2/c1-10-2-6-12(7-3-10)16-9-8-14-13(15)11-4-5-11/h2-3,6-7,11H,4-5,8-9H2,1H3,(H,14,15). The van der Waals surface area contributed by atoms with Crippen LogP contribution in [0.1, 0.15) is 18.4 Å². The summed E-state index contributed by atoms with van der Waals surface area (Å²) in [5.74, 6) is 1.30. The minimum atomic E-state index is 0.174. The zero-order valence-electron chi connectivity index (χ0n) is 9.53. The Morgan fingerprint density at radius 3 is 2.69 bits per heavy atom. The van der Waals surface area contributed by atoms with Gasteiger partial charge in [0.2, 0.25) is 5.91 Å². The van der Waals surface area contributed by atoms with Crippen LogP contribution in [0.5, 0.6) is 5.75 Å². The van der Waals surface area contributed by atoms with Gasteiger partial charge in [-0.3, -0.25) is 4.79 Å². The molecule has 0 heterocycles. The third-order valence-corrected chi connectivity index (χ3v) is 2.64. The van der Waals surface area contributed by atoms with Crippen molar-refractivity contribution in [2.24, 2.45) is 5.92 Å². The van der Waals surface area contributed by atoms with Crippen LogP contribution in [0.4, 0.5) is 0 Å². The maximum Gasteiger partial charge on any atom is 0.223 e. The number of nitrogens with one attached hydrogen (secondary N) is 1. The van der Waals surface area contributed by atoms with Crippen LogP contribution < -0.4 is 10.1 Å². The van der Waals surface area contributed by atoms with Crippen molar-refractivity contribution >= 4 is 5.91 Å². The average Bonchev–Trinajstić information content (AvgIpc) is 3.10. The number of amides is 1. The fourth-order valence-corrected chi connectivity index (χ4v) is 1.47. The summed E-state index contributed by atoms with van der Waals surface area (Å²) < 4.78 is 5.50. The lowest BCUT2D eigenvalue weighted by molar-refractivity contribution is -0.122. The van der Waals surface area contributed by atoms with Gasteiger partial charge in [0.05, 0.1) is 6.54 Å². The van der Waals surface area contributed by atoms with E-state index in [9.17, 15) is 4.79 Å². The summed E-state index contributed by atoms with van der Waals surface area (Å²) >= 11 is 0. The summed E-state index contributed by atoms with van der Waals surface area (Å²) in [6, 6.07) is 7.91. The van der Waals surface area contributed by atoms with Crippen molar-refractivity contribution < 1.29 is 9.53 Å². The molecule has 1 aliphatic carbocycles. The molecule has 16 heavy (non-hydrogen) atoms. The lowest BCUT2D eigenvalue weighted by atomic mass is 10.2. The van der Waals surface area contributed by atoms with Crippen molar-refractivity contribution in [2.75, 3.05) is 13.2 Å². The quantitative estimate of drug-likeness (QED) is 0.768. The largest absolute Gasteiger partial charge is 0.492 e. The third-order valence-electron chi connectivity index (χ3n) is 2.64. The Kier molecular flexibility index (Phi) is 3.44. The summed E-state index contributed by atoms with van der Waals surface area (Å²) in [5.41, 5.74) is 1.22. The molecule has 86 valence electrons. The first kappa shape index (κ1) is 11.0. The monoisotopic (exact) mass is 219 g/mol. The van der Waals surface area contributed by atoms with Gasteiger partial charge in [-0.15, -0.1) is 0 Å². The highest BCUT2D eigenvalue weighted by molar-refractivity contribution is 5.80. The predicted octanol–water partition coefficient (Wildman–Crippen LogP) is 1.90. The average molecular weight is 219 g/mol. The summed E-state index contributed by atoms with van der Waals surface area (Å²) in [6.07, 6.45) is 2.09. The fourth-order valence-electron chi connectivity index (χ4n) is 1.47. The van der Waals surface area contributed by atoms with Crippen LogP contribution >= 0.6 is 0 Å². The molecule has 1 aliphatic rings. The van der Waals surface area contributed by atoms with E-state index in [2.05, 4.69) is 5.32 Å². The molecule has 0 aromatic heterocycles. The van der Waals surface area contributed by atoms with E-state index in [-0.39, 0.29) is 11.8 Å². The molecule has 0 spiro atoms. The number of carbonyl (C=O) groups excluding carboxylic acids is 1. The van der Waals surface area contributed by atoms with Crippen molar-refractivity contribution in [3.63, 3.8) is 0 Å². The molecule has 1 amide bonds. The van der Waals surface area contributed by atoms with E-state index in [1.54, 1.807) is 0 Å². The van der Waals surface area contributed by atoms with Gasteiger partial charge in [0, 0.05) is 5.92 Å². The van der Waals surface area contributed by atoms with Gasteiger partial charge in [-0.05, 0) is 31.9 Å². The molecule has 3 heteroatoms. The van der Waals surface area contributed by atoms with Crippen molar-refractivity contribution in [2.45, 2.75) is 19.8 Å². The molecule has 0 saturated heterocycles. The number of ether oxygens (including phenoxy) is 1. The first-order valence-electron chi connectivity index (χ1n) is 5.73. The highest BCUT2D eigenvalue weighted by Crippen LogP contribution is 2.28. The van der Waals surface area contributed by atoms with Crippen LogP contribution in [-0.4, -0.2) is 19.1 Å². The highest BCUT2D eigenvalue weighted by Gasteiger charge is 2.28. The second kappa shape index (κ2) is 5.01. The molecule has 0 radical (unpaired) electrons. The van der Waals surface area contributed by atoms with Gasteiger partial charge < -0.3 is 10.1 Å². The van der Waals surface area contributed by atoms with Gasteiger partial charge in [0.15, 0.2) is 0 Å². The zero-order chi connectivity index (χ0) is 11.4. The Bertz CT molecular complexity index is 355. The van der Waals surface area contributed by atoms with Crippen LogP contribution in [0.2, 0.25) is 0 Å². The number of hydrogen-bond donors (Lipinski definition) is 1. The van der Waals surface area contributed by atoms with Crippen LogP contribution in [0.25, 0.3) is 0 Å². The van der Waals surface area contributed by atoms with E-state index in [1.807, 2.05) is 31.2 Å². The van der Waals surface area contributed by atoms with Crippen LogP contribution in [0.3, 0.4) is 0 Å². The second-order valence-electron chi connectivity index (χ2n) is 4.23. The summed E-state index contributed by atoms with van der Waals surface area (Å²) in [7, 11) is 0. The topological polar surface area (TPSA) is 38.3 Å². The molecular weight excluding hydrogens is 202 g/mol. The van der Waals surface area contributed by atoms with E-state index < -0.39 is 0 Å². The number of benzene rings is 1. The van der Waals surface area contributed by atoms with Gasteiger partial charge in [-0.25, -0.2) is 0 Å². The van der Waals surface area contributed by atoms with Gasteiger partial charge >= 0.3 is 0 Å². The van der Waals surface area contributed by atoms with Crippen molar-refractivity contribution in [1.82, 2.24) is 5.32 Å². The lowest BCUT2D eigenvalue weighted by Crippen LogP contribution is -2.29. The van der Waals surface area contributed by atoms with Gasteiger partial charge in [0.1, 0.15) is 12.4 Å². The Labute approximate surface area is 95.8 Å². The lowest BCUT2D eigenvalue weighted by Gasteiger charge is -2.07. The molecular formula is C13H17NO2. The van der Waals surface area contributed by atoms with E-state index >= 15 is 0 Å². The predicted molar refractivity (Wildman–Crippen MR) is 62.4 cm³/mol. The first-order chi connectivity index (χ1) is 7.75. The number of hydrogen-bond acceptors (Lipinski definition) is 2. The fraction of sp³-hybridized carbons (Fsp3) is 0.462. The molecule has 0 bridgehead atoms. The van der Waals surface area contributed by atoms with Crippen molar-refractivity contribution in [1.29, 1.82) is 0 Å². The number of rotatable bonds is 5. The van der Waals surface area contributed by atoms with Gasteiger partial charge in [0.25, 0.3) is 0 Å². The minimum absolute atomic E-state index is 0.174. The Morgan fingerprint density at radius 2 is 2.06 bits per heavy atom. The Balaban J connectivity index is 1.63. The molecule has 1 N–H and O–H groups in total. The SMILES string of the molecule is Cc1ccc(OCCNC(=O)C2CC2)cc1. The van der Waals surface area contributed by atoms with Gasteiger partial charge in [-0.1, -0.05) is 17.7 Å². The van der Waals surface area contributed by atoms with Crippen LogP contribution in [0, 0.1) is 12.8 Å². The Hall–Kier alpha value is -1.51. The van der Waals surface area contributed by atoms with E-state index in [1.165, 1.54) is 5.56 Å². The third kappa shape index (κ3) is 3.26. The van der Waals surface area contributed by atoms with Gasteiger partial charge in [-0.2, -0.15) is 0 Å². The molecule has 0 unspecified atom stereocenters. The molecule has 3 nitrogen and oxygen atoms in total. The smallest absolute Gasteiger partial charge is 0.223 e. The van der Waals surface area contributed by atoms with E-state index in [0.29, 0.717) is 13.2 Å². The van der Waals surface area contributed by atoms with Crippen LogP contribution in [-0.2, 0) is 4.79 Å². The Morgan fingerprint density at radius 1 is 1.38 bits per heavy atom.